The lowest BCUT2D eigenvalue weighted by atomic mass is 9.96. The number of rotatable bonds is 7. The van der Waals surface area contributed by atoms with Crippen LogP contribution in [0.25, 0.3) is 6.08 Å². The number of fused-ring (bicyclic) bond motifs is 1. The van der Waals surface area contributed by atoms with Gasteiger partial charge >= 0.3 is 5.97 Å². The van der Waals surface area contributed by atoms with Crippen LogP contribution in [0.4, 0.5) is 0 Å². The summed E-state index contributed by atoms with van der Waals surface area (Å²) in [5.41, 5.74) is 2.76. The molecule has 7 nitrogen and oxygen atoms in total. The molecule has 10 heteroatoms. The van der Waals surface area contributed by atoms with Crippen LogP contribution in [0.2, 0.25) is 10.0 Å². The van der Waals surface area contributed by atoms with Gasteiger partial charge in [0.05, 0.1) is 34.0 Å². The van der Waals surface area contributed by atoms with E-state index >= 15 is 0 Å². The normalized spacial score (nSPS) is 14.7. The van der Waals surface area contributed by atoms with E-state index in [4.69, 9.17) is 32.7 Å². The largest absolute Gasteiger partial charge is 0.488 e. The lowest BCUT2D eigenvalue weighted by molar-refractivity contribution is -0.139. The van der Waals surface area contributed by atoms with Gasteiger partial charge in [0.2, 0.25) is 0 Å². The van der Waals surface area contributed by atoms with Crippen LogP contribution in [0.15, 0.2) is 87.8 Å². The van der Waals surface area contributed by atoms with Gasteiger partial charge in [-0.15, -0.1) is 0 Å². The quantitative estimate of drug-likeness (QED) is 0.258. The molecule has 0 N–H and O–H groups in total. The van der Waals surface area contributed by atoms with Gasteiger partial charge in [0.1, 0.15) is 18.4 Å². The molecular formula is C31H23Cl2N3O4S. The fourth-order valence-electron chi connectivity index (χ4n) is 4.60. The Labute approximate surface area is 249 Å². The monoisotopic (exact) mass is 603 g/mol. The zero-order valence-corrected chi connectivity index (χ0v) is 24.4. The molecule has 1 atom stereocenters. The Hall–Kier alpha value is -4.16. The molecule has 1 aliphatic rings. The molecule has 1 aromatic heterocycles. The summed E-state index contributed by atoms with van der Waals surface area (Å²) in [5, 5.41) is 10.3. The molecule has 0 aliphatic carbocycles. The molecule has 1 aliphatic heterocycles. The predicted molar refractivity (Wildman–Crippen MR) is 159 cm³/mol. The Balaban J connectivity index is 1.63. The van der Waals surface area contributed by atoms with E-state index in [1.165, 1.54) is 15.9 Å². The minimum Gasteiger partial charge on any atom is -0.488 e. The maximum Gasteiger partial charge on any atom is 0.338 e. The first kappa shape index (κ1) is 28.4. The maximum atomic E-state index is 14.0. The van der Waals surface area contributed by atoms with Crippen molar-refractivity contribution in [3.8, 4) is 11.8 Å². The summed E-state index contributed by atoms with van der Waals surface area (Å²) < 4.78 is 13.3. The summed E-state index contributed by atoms with van der Waals surface area (Å²) in [6.07, 6.45) is 1.69. The first-order valence-corrected chi connectivity index (χ1v) is 14.2. The van der Waals surface area contributed by atoms with Crippen molar-refractivity contribution >= 4 is 46.6 Å². The summed E-state index contributed by atoms with van der Waals surface area (Å²) in [4.78, 5) is 32.1. The van der Waals surface area contributed by atoms with Crippen LogP contribution >= 0.6 is 34.5 Å². The molecule has 206 valence electrons. The lowest BCUT2D eigenvalue weighted by Gasteiger charge is -2.25. The molecule has 0 fully saturated rings. The van der Waals surface area contributed by atoms with E-state index in [0.29, 0.717) is 47.5 Å². The number of hydrogen-bond acceptors (Lipinski definition) is 7. The van der Waals surface area contributed by atoms with Crippen molar-refractivity contribution in [2.75, 3.05) is 6.61 Å². The predicted octanol–water partition coefficient (Wildman–Crippen LogP) is 5.56. The van der Waals surface area contributed by atoms with Gasteiger partial charge in [-0.1, -0.05) is 70.9 Å². The lowest BCUT2D eigenvalue weighted by Crippen LogP contribution is -2.40. The van der Waals surface area contributed by atoms with Crippen LogP contribution in [-0.2, 0) is 16.1 Å². The van der Waals surface area contributed by atoms with Crippen molar-refractivity contribution in [3.63, 3.8) is 0 Å². The molecule has 41 heavy (non-hydrogen) atoms. The van der Waals surface area contributed by atoms with Crippen LogP contribution in [0.1, 0.15) is 42.1 Å². The third kappa shape index (κ3) is 5.70. The topological polar surface area (TPSA) is 93.7 Å². The van der Waals surface area contributed by atoms with Crippen molar-refractivity contribution < 1.29 is 14.3 Å². The van der Waals surface area contributed by atoms with Crippen molar-refractivity contribution in [2.45, 2.75) is 26.5 Å². The van der Waals surface area contributed by atoms with Gasteiger partial charge in [0.15, 0.2) is 4.80 Å². The van der Waals surface area contributed by atoms with Crippen molar-refractivity contribution in [1.82, 2.24) is 4.57 Å². The van der Waals surface area contributed by atoms with Gasteiger partial charge in [-0.05, 0) is 55.8 Å². The number of carbonyl (C=O) groups is 1. The number of allylic oxidation sites excluding steroid dienone is 1. The van der Waals surface area contributed by atoms with E-state index in [1.807, 2.05) is 12.1 Å². The Morgan fingerprint density at radius 3 is 2.66 bits per heavy atom. The van der Waals surface area contributed by atoms with E-state index in [0.717, 1.165) is 5.56 Å². The van der Waals surface area contributed by atoms with Gasteiger partial charge in [0.25, 0.3) is 5.56 Å². The summed E-state index contributed by atoms with van der Waals surface area (Å²) in [5.74, 6) is -0.0739. The smallest absolute Gasteiger partial charge is 0.338 e. The average molecular weight is 605 g/mol. The summed E-state index contributed by atoms with van der Waals surface area (Å²) >= 11 is 14.1. The first-order valence-electron chi connectivity index (χ1n) is 12.7. The number of nitrogens with zero attached hydrogens (tertiary/aromatic N) is 3. The molecule has 0 radical (unpaired) electrons. The van der Waals surface area contributed by atoms with E-state index in [-0.39, 0.29) is 24.3 Å². The second-order valence-electron chi connectivity index (χ2n) is 9.06. The Bertz CT molecular complexity index is 1920. The van der Waals surface area contributed by atoms with Crippen LogP contribution in [0.3, 0.4) is 0 Å². The van der Waals surface area contributed by atoms with Gasteiger partial charge in [0, 0.05) is 21.2 Å². The zero-order valence-electron chi connectivity index (χ0n) is 22.1. The van der Waals surface area contributed by atoms with Gasteiger partial charge in [-0.2, -0.15) is 5.26 Å². The Morgan fingerprint density at radius 1 is 1.15 bits per heavy atom. The maximum absolute atomic E-state index is 14.0. The fraction of sp³-hybridized carbons (Fsp3) is 0.161. The van der Waals surface area contributed by atoms with Crippen LogP contribution in [0, 0.1) is 11.3 Å². The molecule has 0 saturated heterocycles. The van der Waals surface area contributed by atoms with E-state index in [9.17, 15) is 14.9 Å². The molecule has 0 saturated carbocycles. The number of carbonyl (C=O) groups excluding carboxylic acids is 1. The average Bonchev–Trinajstić information content (AvgIpc) is 3.26. The van der Waals surface area contributed by atoms with E-state index in [2.05, 4.69) is 11.1 Å². The SMILES string of the molecule is CCOC(=O)C1=C(C)N=c2s/c(=C\c3cc(Cl)ccc3OCc3ccccc3C#N)c(=O)n2[C@H]1c1ccccc1Cl. The highest BCUT2D eigenvalue weighted by Gasteiger charge is 2.34. The highest BCUT2D eigenvalue weighted by atomic mass is 35.5. The second kappa shape index (κ2) is 12.1. The number of ether oxygens (including phenoxy) is 2. The van der Waals surface area contributed by atoms with Crippen molar-refractivity contribution in [2.24, 2.45) is 4.99 Å². The highest BCUT2D eigenvalue weighted by Crippen LogP contribution is 2.34. The molecule has 0 bridgehead atoms. The highest BCUT2D eigenvalue weighted by molar-refractivity contribution is 7.07. The Morgan fingerprint density at radius 2 is 1.90 bits per heavy atom. The number of hydrogen-bond donors (Lipinski definition) is 0. The number of thiazole rings is 1. The summed E-state index contributed by atoms with van der Waals surface area (Å²) in [6, 6.07) is 20.7. The molecule has 5 rings (SSSR count). The molecule has 4 aromatic rings. The van der Waals surface area contributed by atoms with Crippen LogP contribution < -0.4 is 19.6 Å². The molecular weight excluding hydrogens is 581 g/mol. The fourth-order valence-corrected chi connectivity index (χ4v) is 6.06. The van der Waals surface area contributed by atoms with Crippen molar-refractivity contribution in [1.29, 1.82) is 5.26 Å². The van der Waals surface area contributed by atoms with Gasteiger partial charge in [-0.3, -0.25) is 9.36 Å². The first-order chi connectivity index (χ1) is 19.8. The molecule has 0 unspecified atom stereocenters. The summed E-state index contributed by atoms with van der Waals surface area (Å²) in [6.45, 7) is 3.76. The molecule has 0 spiro atoms. The zero-order chi connectivity index (χ0) is 29.1. The number of halogens is 2. The number of aromatic nitrogens is 1. The van der Waals surface area contributed by atoms with Gasteiger partial charge < -0.3 is 9.47 Å². The minimum atomic E-state index is -0.821. The third-order valence-corrected chi connectivity index (χ3v) is 8.06. The van der Waals surface area contributed by atoms with E-state index < -0.39 is 12.0 Å². The van der Waals surface area contributed by atoms with Crippen LogP contribution in [-0.4, -0.2) is 17.1 Å². The third-order valence-electron chi connectivity index (χ3n) is 6.50. The van der Waals surface area contributed by atoms with Gasteiger partial charge in [-0.25, -0.2) is 9.79 Å². The molecule has 3 aromatic carbocycles. The van der Waals surface area contributed by atoms with Crippen molar-refractivity contribution in [3.05, 3.63) is 130 Å². The minimum absolute atomic E-state index is 0.155. The number of nitriles is 1. The standard InChI is InChI=1S/C31H23Cl2N3O4S/c1-3-39-30(38)27-18(2)35-31-36(28(27)23-10-6-7-11-24(23)33)29(37)26(41-31)15-21-14-22(32)12-13-25(21)40-17-20-9-5-4-8-19(20)16-34/h4-15,28H,3,17H2,1-2H3/b26-15-/t28-/m0/s1. The van der Waals surface area contributed by atoms with Crippen LogP contribution in [0.5, 0.6) is 5.75 Å². The number of benzene rings is 3. The van der Waals surface area contributed by atoms with E-state index in [1.54, 1.807) is 74.5 Å². The second-order valence-corrected chi connectivity index (χ2v) is 10.9. The number of esters is 1. The molecule has 0 amide bonds. The summed E-state index contributed by atoms with van der Waals surface area (Å²) in [7, 11) is 0. The Kier molecular flexibility index (Phi) is 8.41. The molecule has 2 heterocycles.